The lowest BCUT2D eigenvalue weighted by Gasteiger charge is -2.17. The van der Waals surface area contributed by atoms with E-state index >= 15 is 0 Å². The first-order valence-electron chi connectivity index (χ1n) is 4.06. The van der Waals surface area contributed by atoms with Gasteiger partial charge in [-0.15, -0.1) is 0 Å². The molecule has 1 atom stereocenters. The average molecular weight is 259 g/mol. The molecule has 0 unspecified atom stereocenters. The molecule has 0 spiro atoms. The van der Waals surface area contributed by atoms with Gasteiger partial charge in [-0.1, -0.05) is 22.9 Å². The minimum atomic E-state index is -2.82. The zero-order valence-electron chi connectivity index (χ0n) is 7.75. The second-order valence-electron chi connectivity index (χ2n) is 2.41. The van der Waals surface area contributed by atoms with Crippen LogP contribution in [0.5, 0.6) is 0 Å². The van der Waals surface area contributed by atoms with Gasteiger partial charge in [0.1, 0.15) is 0 Å². The molecule has 3 nitrogen and oxygen atoms in total. The molecule has 0 aromatic carbocycles. The summed E-state index contributed by atoms with van der Waals surface area (Å²) in [6.07, 6.45) is 0.425. The molecular weight excluding hydrogens is 243 g/mol. The van der Waals surface area contributed by atoms with E-state index in [0.29, 0.717) is 19.4 Å². The maximum absolute atomic E-state index is 11.7. The van der Waals surface area contributed by atoms with E-state index in [9.17, 15) is 4.57 Å². The van der Waals surface area contributed by atoms with Crippen LogP contribution in [0, 0.1) is 0 Å². The molecule has 0 aliphatic heterocycles. The minimum Gasteiger partial charge on any atom is -0.309 e. The Balaban J connectivity index is 4.08. The van der Waals surface area contributed by atoms with E-state index in [4.69, 9.17) is 9.05 Å². The number of rotatable bonds is 6. The molecule has 0 saturated carbocycles. The van der Waals surface area contributed by atoms with Gasteiger partial charge < -0.3 is 9.05 Å². The molecule has 0 aromatic heterocycles. The highest BCUT2D eigenvalue weighted by Gasteiger charge is 2.24. The van der Waals surface area contributed by atoms with Gasteiger partial charge in [-0.25, -0.2) is 0 Å². The summed E-state index contributed by atoms with van der Waals surface area (Å²) in [6.45, 7) is 6.40. The van der Waals surface area contributed by atoms with E-state index in [2.05, 4.69) is 15.9 Å². The van der Waals surface area contributed by atoms with E-state index in [1.165, 1.54) is 0 Å². The fraction of sp³-hybridized carbons (Fsp3) is 1.00. The van der Waals surface area contributed by atoms with Crippen molar-refractivity contribution in [1.29, 1.82) is 0 Å². The SMILES string of the molecule is CCOP(=O)(C[C@@H](C)Br)OCC. The minimum absolute atomic E-state index is 0.154. The van der Waals surface area contributed by atoms with Crippen LogP contribution in [0.2, 0.25) is 0 Å². The number of hydrogen-bond donors (Lipinski definition) is 0. The van der Waals surface area contributed by atoms with Crippen LogP contribution in [0.4, 0.5) is 0 Å². The van der Waals surface area contributed by atoms with Gasteiger partial charge in [0.15, 0.2) is 0 Å². The first kappa shape index (κ1) is 12.6. The van der Waals surface area contributed by atoms with E-state index < -0.39 is 7.60 Å². The summed E-state index contributed by atoms with van der Waals surface area (Å²) in [5, 5.41) is 0. The molecule has 0 bridgehead atoms. The lowest BCUT2D eigenvalue weighted by Crippen LogP contribution is -2.06. The van der Waals surface area contributed by atoms with Crippen molar-refractivity contribution in [2.45, 2.75) is 25.6 Å². The van der Waals surface area contributed by atoms with Gasteiger partial charge in [0.25, 0.3) is 0 Å². The molecule has 0 heterocycles. The molecule has 5 heteroatoms. The molecule has 0 aromatic rings. The highest BCUT2D eigenvalue weighted by atomic mass is 79.9. The van der Waals surface area contributed by atoms with Crippen molar-refractivity contribution in [2.75, 3.05) is 19.4 Å². The number of halogens is 1. The Morgan fingerprint density at radius 2 is 1.75 bits per heavy atom. The predicted octanol–water partition coefficient (Wildman–Crippen LogP) is 3.04. The Hall–Kier alpha value is 0.630. The summed E-state index contributed by atoms with van der Waals surface area (Å²) in [7, 11) is -2.82. The third kappa shape index (κ3) is 5.31. The molecular formula is C7H16BrO3P. The molecule has 0 aliphatic rings. The molecule has 0 radical (unpaired) electrons. The highest BCUT2D eigenvalue weighted by Crippen LogP contribution is 2.49. The fourth-order valence-corrected chi connectivity index (χ4v) is 3.60. The summed E-state index contributed by atoms with van der Waals surface area (Å²) < 4.78 is 21.9. The topological polar surface area (TPSA) is 35.5 Å². The molecule has 0 rings (SSSR count). The molecule has 0 N–H and O–H groups in total. The lowest BCUT2D eigenvalue weighted by atomic mass is 10.6. The van der Waals surface area contributed by atoms with Crippen LogP contribution in [0.1, 0.15) is 20.8 Å². The third-order valence-corrected chi connectivity index (χ3v) is 4.25. The van der Waals surface area contributed by atoms with Crippen molar-refractivity contribution in [2.24, 2.45) is 0 Å². The highest BCUT2D eigenvalue weighted by molar-refractivity contribution is 9.09. The monoisotopic (exact) mass is 258 g/mol. The Labute approximate surface area is 82.5 Å². The van der Waals surface area contributed by atoms with Gasteiger partial charge in [-0.2, -0.15) is 0 Å². The van der Waals surface area contributed by atoms with Crippen LogP contribution in [0.3, 0.4) is 0 Å². The van der Waals surface area contributed by atoms with Crippen molar-refractivity contribution in [3.05, 3.63) is 0 Å². The van der Waals surface area contributed by atoms with Gasteiger partial charge in [0.2, 0.25) is 0 Å². The summed E-state index contributed by atoms with van der Waals surface area (Å²) >= 11 is 3.32. The number of alkyl halides is 1. The second kappa shape index (κ2) is 6.14. The first-order valence-corrected chi connectivity index (χ1v) is 6.70. The van der Waals surface area contributed by atoms with Crippen LogP contribution < -0.4 is 0 Å². The Kier molecular flexibility index (Phi) is 6.46. The van der Waals surface area contributed by atoms with Crippen molar-refractivity contribution in [3.8, 4) is 0 Å². The summed E-state index contributed by atoms with van der Waals surface area (Å²) in [5.74, 6) is 0. The maximum atomic E-state index is 11.7. The average Bonchev–Trinajstić information content (AvgIpc) is 1.85. The molecule has 74 valence electrons. The van der Waals surface area contributed by atoms with E-state index in [1.807, 2.05) is 20.8 Å². The zero-order chi connectivity index (χ0) is 9.61. The Morgan fingerprint density at radius 1 is 1.33 bits per heavy atom. The molecule has 0 fully saturated rings. The standard InChI is InChI=1S/C7H16BrO3P/c1-4-10-12(9,11-5-2)6-7(3)8/h7H,4-6H2,1-3H3/t7-/m1/s1. The normalized spacial score (nSPS) is 14.7. The van der Waals surface area contributed by atoms with Crippen molar-refractivity contribution in [1.82, 2.24) is 0 Å². The van der Waals surface area contributed by atoms with Gasteiger partial charge in [0, 0.05) is 4.83 Å². The zero-order valence-corrected chi connectivity index (χ0v) is 10.2. The van der Waals surface area contributed by atoms with E-state index in [0.717, 1.165) is 0 Å². The van der Waals surface area contributed by atoms with Crippen LogP contribution in [-0.4, -0.2) is 24.2 Å². The molecule has 0 amide bonds. The lowest BCUT2D eigenvalue weighted by molar-refractivity contribution is 0.220. The Morgan fingerprint density at radius 3 is 2.00 bits per heavy atom. The number of hydrogen-bond acceptors (Lipinski definition) is 3. The van der Waals surface area contributed by atoms with Gasteiger partial charge in [-0.3, -0.25) is 4.57 Å². The molecule has 12 heavy (non-hydrogen) atoms. The van der Waals surface area contributed by atoms with Crippen LogP contribution in [0.25, 0.3) is 0 Å². The van der Waals surface area contributed by atoms with Crippen LogP contribution >= 0.6 is 23.5 Å². The van der Waals surface area contributed by atoms with Gasteiger partial charge >= 0.3 is 7.60 Å². The molecule has 0 aliphatic carbocycles. The van der Waals surface area contributed by atoms with Crippen molar-refractivity contribution < 1.29 is 13.6 Å². The maximum Gasteiger partial charge on any atom is 0.331 e. The first-order chi connectivity index (χ1) is 5.54. The van der Waals surface area contributed by atoms with Crippen molar-refractivity contribution in [3.63, 3.8) is 0 Å². The smallest absolute Gasteiger partial charge is 0.309 e. The second-order valence-corrected chi connectivity index (χ2v) is 6.08. The summed E-state index contributed by atoms with van der Waals surface area (Å²) in [5.41, 5.74) is 0. The largest absolute Gasteiger partial charge is 0.331 e. The quantitative estimate of drug-likeness (QED) is 0.543. The fourth-order valence-electron chi connectivity index (χ4n) is 0.844. The molecule has 0 saturated heterocycles. The van der Waals surface area contributed by atoms with Crippen LogP contribution in [-0.2, 0) is 13.6 Å². The predicted molar refractivity (Wildman–Crippen MR) is 54.1 cm³/mol. The third-order valence-electron chi connectivity index (χ3n) is 1.13. The van der Waals surface area contributed by atoms with Gasteiger partial charge in [-0.05, 0) is 13.8 Å². The summed E-state index contributed by atoms with van der Waals surface area (Å²) in [4.78, 5) is 0.154. The van der Waals surface area contributed by atoms with Crippen molar-refractivity contribution >= 4 is 23.5 Å². The van der Waals surface area contributed by atoms with Gasteiger partial charge in [0.05, 0.1) is 19.4 Å². The van der Waals surface area contributed by atoms with E-state index in [1.54, 1.807) is 0 Å². The van der Waals surface area contributed by atoms with Crippen LogP contribution in [0.15, 0.2) is 0 Å². The van der Waals surface area contributed by atoms with E-state index in [-0.39, 0.29) is 4.83 Å². The Bertz CT molecular complexity index is 151. The summed E-state index contributed by atoms with van der Waals surface area (Å²) in [6, 6.07) is 0.